The molecule has 3 rings (SSSR count). The minimum atomic E-state index is 0.357. The summed E-state index contributed by atoms with van der Waals surface area (Å²) < 4.78 is 2.41. The van der Waals surface area contributed by atoms with Crippen LogP contribution in [0.15, 0.2) is 63.3 Å². The summed E-state index contributed by atoms with van der Waals surface area (Å²) in [7, 11) is 0. The lowest BCUT2D eigenvalue weighted by atomic mass is 10.2. The standard InChI is InChI=1S/C16H14BrClN6S/c17-13-5-1-4-12(7-13)10-25-16-23-22-15(24(16)19)21-20-9-11-3-2-6-14(18)8-11/h1-9H,10,19H2,(H,21,22)/b20-9+. The topological polar surface area (TPSA) is 81.1 Å². The normalized spacial score (nSPS) is 11.1. The van der Waals surface area contributed by atoms with Crippen molar-refractivity contribution < 1.29 is 0 Å². The van der Waals surface area contributed by atoms with Crippen LogP contribution in [0.2, 0.25) is 5.02 Å². The van der Waals surface area contributed by atoms with Crippen molar-refractivity contribution in [2.24, 2.45) is 5.10 Å². The summed E-state index contributed by atoms with van der Waals surface area (Å²) in [6.07, 6.45) is 1.63. The molecule has 0 atom stereocenters. The molecule has 25 heavy (non-hydrogen) atoms. The van der Waals surface area contributed by atoms with E-state index in [0.29, 0.717) is 16.1 Å². The third-order valence-electron chi connectivity index (χ3n) is 3.15. The first kappa shape index (κ1) is 17.8. The van der Waals surface area contributed by atoms with E-state index in [1.165, 1.54) is 16.4 Å². The average Bonchev–Trinajstić information content (AvgIpc) is 2.94. The Bertz CT molecular complexity index is 898. The van der Waals surface area contributed by atoms with E-state index >= 15 is 0 Å². The van der Waals surface area contributed by atoms with Crippen LogP contribution in [0.25, 0.3) is 0 Å². The zero-order valence-electron chi connectivity index (χ0n) is 12.9. The highest BCUT2D eigenvalue weighted by Crippen LogP contribution is 2.23. The van der Waals surface area contributed by atoms with Gasteiger partial charge in [-0.2, -0.15) is 5.10 Å². The SMILES string of the molecule is Nn1c(N/N=C/c2cccc(Cl)c2)nnc1SCc1cccc(Br)c1. The number of benzene rings is 2. The molecule has 128 valence electrons. The lowest BCUT2D eigenvalue weighted by Gasteiger charge is -2.03. The Balaban J connectivity index is 1.61. The maximum absolute atomic E-state index is 6.01. The first-order valence-electron chi connectivity index (χ1n) is 7.24. The maximum atomic E-state index is 6.01. The van der Waals surface area contributed by atoms with Gasteiger partial charge in [0, 0.05) is 15.2 Å². The van der Waals surface area contributed by atoms with Crippen molar-refractivity contribution in [2.75, 3.05) is 11.3 Å². The Kier molecular flexibility index (Phi) is 5.95. The molecular formula is C16H14BrClN6S. The molecule has 0 aliphatic heterocycles. The van der Waals surface area contributed by atoms with Crippen LogP contribution in [-0.2, 0) is 5.75 Å². The molecule has 0 unspecified atom stereocenters. The van der Waals surface area contributed by atoms with Crippen LogP contribution < -0.4 is 11.3 Å². The van der Waals surface area contributed by atoms with Crippen LogP contribution in [0.3, 0.4) is 0 Å². The van der Waals surface area contributed by atoms with E-state index in [0.717, 1.165) is 21.4 Å². The number of rotatable bonds is 6. The second-order valence-corrected chi connectivity index (χ2v) is 7.31. The third-order valence-corrected chi connectivity index (χ3v) is 4.89. The molecular weight excluding hydrogens is 424 g/mol. The van der Waals surface area contributed by atoms with E-state index in [1.54, 1.807) is 18.3 Å². The largest absolute Gasteiger partial charge is 0.334 e. The van der Waals surface area contributed by atoms with Gasteiger partial charge < -0.3 is 5.84 Å². The van der Waals surface area contributed by atoms with E-state index < -0.39 is 0 Å². The molecule has 3 aromatic rings. The number of nitrogens with zero attached hydrogens (tertiary/aromatic N) is 4. The second-order valence-electron chi connectivity index (χ2n) is 5.02. The molecule has 3 N–H and O–H groups in total. The van der Waals surface area contributed by atoms with Crippen LogP contribution in [0.1, 0.15) is 11.1 Å². The van der Waals surface area contributed by atoms with E-state index in [-0.39, 0.29) is 0 Å². The smallest absolute Gasteiger partial charge is 0.264 e. The fourth-order valence-electron chi connectivity index (χ4n) is 1.98. The highest BCUT2D eigenvalue weighted by Gasteiger charge is 2.09. The first-order valence-corrected chi connectivity index (χ1v) is 9.40. The number of nitrogens with one attached hydrogen (secondary N) is 1. The average molecular weight is 438 g/mol. The van der Waals surface area contributed by atoms with Crippen LogP contribution in [0.4, 0.5) is 5.95 Å². The number of hydrogen-bond donors (Lipinski definition) is 2. The molecule has 0 fully saturated rings. The summed E-state index contributed by atoms with van der Waals surface area (Å²) in [4.78, 5) is 0. The molecule has 0 saturated heterocycles. The predicted molar refractivity (Wildman–Crippen MR) is 107 cm³/mol. The van der Waals surface area contributed by atoms with Gasteiger partial charge in [-0.25, -0.2) is 10.1 Å². The number of hydrazone groups is 1. The lowest BCUT2D eigenvalue weighted by molar-refractivity contribution is 0.847. The Hall–Kier alpha value is -2.03. The fraction of sp³-hybridized carbons (Fsp3) is 0.0625. The third kappa shape index (κ3) is 4.97. The summed E-state index contributed by atoms with van der Waals surface area (Å²) >= 11 is 10.9. The van der Waals surface area contributed by atoms with Crippen molar-refractivity contribution >= 4 is 51.5 Å². The van der Waals surface area contributed by atoms with Crippen molar-refractivity contribution in [3.63, 3.8) is 0 Å². The number of anilines is 1. The number of nitrogen functional groups attached to an aromatic ring is 1. The summed E-state index contributed by atoms with van der Waals surface area (Å²) in [5.41, 5.74) is 4.81. The predicted octanol–water partition coefficient (Wildman–Crippen LogP) is 4.15. The molecule has 9 heteroatoms. The molecule has 2 aromatic carbocycles. The van der Waals surface area contributed by atoms with Crippen LogP contribution in [0.5, 0.6) is 0 Å². The Morgan fingerprint density at radius 1 is 1.24 bits per heavy atom. The Morgan fingerprint density at radius 3 is 2.88 bits per heavy atom. The monoisotopic (exact) mass is 436 g/mol. The molecule has 0 radical (unpaired) electrons. The minimum absolute atomic E-state index is 0.357. The van der Waals surface area contributed by atoms with Gasteiger partial charge >= 0.3 is 0 Å². The van der Waals surface area contributed by atoms with Crippen molar-refractivity contribution in [3.8, 4) is 0 Å². The highest BCUT2D eigenvalue weighted by atomic mass is 79.9. The number of hydrogen-bond acceptors (Lipinski definition) is 6. The van der Waals surface area contributed by atoms with Crippen molar-refractivity contribution in [3.05, 3.63) is 69.2 Å². The Labute approximate surface area is 162 Å². The number of thioether (sulfide) groups is 1. The molecule has 0 aliphatic carbocycles. The van der Waals surface area contributed by atoms with Gasteiger partial charge in [-0.05, 0) is 35.4 Å². The van der Waals surface area contributed by atoms with Gasteiger partial charge in [-0.3, -0.25) is 0 Å². The van der Waals surface area contributed by atoms with Crippen molar-refractivity contribution in [2.45, 2.75) is 10.9 Å². The van der Waals surface area contributed by atoms with Crippen molar-refractivity contribution in [1.82, 2.24) is 14.9 Å². The number of aromatic nitrogens is 3. The molecule has 1 aromatic heterocycles. The molecule has 0 aliphatic rings. The fourth-order valence-corrected chi connectivity index (χ4v) is 3.42. The zero-order chi connectivity index (χ0) is 17.6. The molecule has 0 bridgehead atoms. The number of halogens is 2. The van der Waals surface area contributed by atoms with E-state index in [9.17, 15) is 0 Å². The van der Waals surface area contributed by atoms with Crippen molar-refractivity contribution in [1.29, 1.82) is 0 Å². The molecule has 6 nitrogen and oxygen atoms in total. The maximum Gasteiger partial charge on any atom is 0.264 e. The summed E-state index contributed by atoms with van der Waals surface area (Å²) in [5, 5.41) is 13.4. The summed E-state index contributed by atoms with van der Waals surface area (Å²) in [5.74, 6) is 7.10. The van der Waals surface area contributed by atoms with E-state index in [2.05, 4.69) is 42.7 Å². The first-order chi connectivity index (χ1) is 12.1. The summed E-state index contributed by atoms with van der Waals surface area (Å²) in [6.45, 7) is 0. The molecule has 0 saturated carbocycles. The molecule has 0 amide bonds. The van der Waals surface area contributed by atoms with Gasteiger partial charge in [0.1, 0.15) is 0 Å². The highest BCUT2D eigenvalue weighted by molar-refractivity contribution is 9.10. The van der Waals surface area contributed by atoms with Crippen LogP contribution in [-0.4, -0.2) is 21.1 Å². The van der Waals surface area contributed by atoms with Gasteiger partial charge in [0.15, 0.2) is 0 Å². The second kappa shape index (κ2) is 8.37. The van der Waals surface area contributed by atoms with Gasteiger partial charge in [0.05, 0.1) is 6.21 Å². The van der Waals surface area contributed by atoms with Gasteiger partial charge in [-0.15, -0.1) is 10.2 Å². The lowest BCUT2D eigenvalue weighted by Crippen LogP contribution is -2.13. The number of nitrogens with two attached hydrogens (primary N) is 1. The van der Waals surface area contributed by atoms with E-state index in [1.807, 2.05) is 30.3 Å². The minimum Gasteiger partial charge on any atom is -0.334 e. The van der Waals surface area contributed by atoms with E-state index in [4.69, 9.17) is 17.4 Å². The van der Waals surface area contributed by atoms with Crippen LogP contribution >= 0.6 is 39.3 Å². The van der Waals surface area contributed by atoms with Gasteiger partial charge in [-0.1, -0.05) is 63.6 Å². The van der Waals surface area contributed by atoms with Crippen LogP contribution in [0, 0.1) is 0 Å². The quantitative estimate of drug-likeness (QED) is 0.262. The van der Waals surface area contributed by atoms with Gasteiger partial charge in [0.2, 0.25) is 5.16 Å². The van der Waals surface area contributed by atoms with Gasteiger partial charge in [0.25, 0.3) is 5.95 Å². The molecule has 1 heterocycles. The molecule has 0 spiro atoms. The Morgan fingerprint density at radius 2 is 2.08 bits per heavy atom. The summed E-state index contributed by atoms with van der Waals surface area (Å²) in [6, 6.07) is 15.4. The zero-order valence-corrected chi connectivity index (χ0v) is 16.1.